The van der Waals surface area contributed by atoms with Gasteiger partial charge in [0.15, 0.2) is 0 Å². The van der Waals surface area contributed by atoms with Crippen molar-refractivity contribution in [1.29, 1.82) is 0 Å². The van der Waals surface area contributed by atoms with Gasteiger partial charge in [-0.1, -0.05) is 30.3 Å². The highest BCUT2D eigenvalue weighted by Gasteiger charge is 2.21. The van der Waals surface area contributed by atoms with Crippen LogP contribution in [0.4, 0.5) is 10.1 Å². The largest absolute Gasteiger partial charge is 0.494 e. The van der Waals surface area contributed by atoms with Crippen LogP contribution < -0.4 is 11.2 Å². The van der Waals surface area contributed by atoms with E-state index in [-0.39, 0.29) is 10.6 Å². The number of aromatic hydroxyl groups is 1. The van der Waals surface area contributed by atoms with Gasteiger partial charge in [0.05, 0.1) is 5.69 Å². The highest BCUT2D eigenvalue weighted by molar-refractivity contribution is 8.13. The fourth-order valence-electron chi connectivity index (χ4n) is 2.54. The van der Waals surface area contributed by atoms with Gasteiger partial charge in [-0.15, -0.1) is 11.8 Å². The Morgan fingerprint density at radius 1 is 1.04 bits per heavy atom. The van der Waals surface area contributed by atoms with E-state index in [1.807, 2.05) is 30.3 Å². The van der Waals surface area contributed by atoms with Gasteiger partial charge in [0, 0.05) is 19.8 Å². The summed E-state index contributed by atoms with van der Waals surface area (Å²) in [4.78, 5) is 29.2. The molecule has 0 bridgehead atoms. The van der Waals surface area contributed by atoms with Gasteiger partial charge in [-0.05, 0) is 29.8 Å². The van der Waals surface area contributed by atoms with Crippen molar-refractivity contribution in [3.63, 3.8) is 0 Å². The van der Waals surface area contributed by atoms with Crippen molar-refractivity contribution in [3.8, 4) is 5.88 Å². The van der Waals surface area contributed by atoms with E-state index in [1.165, 1.54) is 50.1 Å². The molecule has 0 atom stereocenters. The average Bonchev–Trinajstić information content (AvgIpc) is 2.71. The summed E-state index contributed by atoms with van der Waals surface area (Å²) in [6.07, 6.45) is 0. The quantitative estimate of drug-likeness (QED) is 0.541. The van der Waals surface area contributed by atoms with Gasteiger partial charge in [-0.2, -0.15) is 0 Å². The van der Waals surface area contributed by atoms with Crippen LogP contribution in [0, 0.1) is 5.82 Å². The van der Waals surface area contributed by atoms with Crippen LogP contribution >= 0.6 is 11.8 Å². The van der Waals surface area contributed by atoms with Crippen LogP contribution in [0.5, 0.6) is 5.88 Å². The zero-order chi connectivity index (χ0) is 20.3. The van der Waals surface area contributed by atoms with Crippen LogP contribution in [0.15, 0.2) is 69.2 Å². The molecule has 3 rings (SSSR count). The minimum Gasteiger partial charge on any atom is -0.494 e. The maximum absolute atomic E-state index is 13.2. The molecule has 8 heteroatoms. The molecule has 0 radical (unpaired) electrons. The fourth-order valence-corrected chi connectivity index (χ4v) is 3.53. The number of halogens is 1. The molecule has 6 nitrogen and oxygen atoms in total. The molecule has 0 unspecified atom stereocenters. The minimum atomic E-state index is -0.651. The first-order chi connectivity index (χ1) is 13.4. The Labute approximate surface area is 164 Å². The van der Waals surface area contributed by atoms with Gasteiger partial charge in [0.2, 0.25) is 5.88 Å². The molecule has 1 N–H and O–H groups in total. The van der Waals surface area contributed by atoms with E-state index in [4.69, 9.17) is 0 Å². The van der Waals surface area contributed by atoms with Gasteiger partial charge in [-0.25, -0.2) is 14.2 Å². The molecule has 0 aliphatic carbocycles. The Morgan fingerprint density at radius 3 is 2.32 bits per heavy atom. The van der Waals surface area contributed by atoms with E-state index in [0.717, 1.165) is 14.7 Å². The Kier molecular flexibility index (Phi) is 5.79. The van der Waals surface area contributed by atoms with Gasteiger partial charge < -0.3 is 5.11 Å². The lowest BCUT2D eigenvalue weighted by molar-refractivity contribution is 0.410. The second kappa shape index (κ2) is 8.26. The predicted molar refractivity (Wildman–Crippen MR) is 109 cm³/mol. The van der Waals surface area contributed by atoms with Crippen molar-refractivity contribution >= 4 is 22.5 Å². The van der Waals surface area contributed by atoms with Crippen LogP contribution in [0.3, 0.4) is 0 Å². The molecule has 0 saturated heterocycles. The summed E-state index contributed by atoms with van der Waals surface area (Å²) < 4.78 is 15.1. The van der Waals surface area contributed by atoms with Gasteiger partial charge in [0.1, 0.15) is 16.4 Å². The van der Waals surface area contributed by atoms with Crippen LogP contribution in [0.2, 0.25) is 0 Å². The third-order valence-electron chi connectivity index (χ3n) is 4.12. The van der Waals surface area contributed by atoms with Crippen molar-refractivity contribution in [3.05, 3.63) is 92.4 Å². The van der Waals surface area contributed by atoms with Gasteiger partial charge in [-0.3, -0.25) is 13.9 Å². The van der Waals surface area contributed by atoms with Crippen LogP contribution in [0.25, 0.3) is 0 Å². The van der Waals surface area contributed by atoms with Gasteiger partial charge >= 0.3 is 5.69 Å². The second-order valence-corrected chi connectivity index (χ2v) is 7.04. The fraction of sp³-hybridized carbons (Fsp3) is 0.150. The Balaban J connectivity index is 2.12. The number of thioether (sulfide) groups is 1. The molecule has 1 aromatic heterocycles. The molecule has 144 valence electrons. The Hall–Kier alpha value is -3.13. The number of nitrogens with zero attached hydrogens (tertiary/aromatic N) is 3. The lowest BCUT2D eigenvalue weighted by Crippen LogP contribution is -2.39. The maximum atomic E-state index is 13.2. The van der Waals surface area contributed by atoms with E-state index in [0.29, 0.717) is 11.4 Å². The summed E-state index contributed by atoms with van der Waals surface area (Å²) in [5.41, 5.74) is 0.0602. The van der Waals surface area contributed by atoms with Crippen molar-refractivity contribution < 1.29 is 9.50 Å². The molecule has 0 amide bonds. The summed E-state index contributed by atoms with van der Waals surface area (Å²) in [5.74, 6) is -0.375. The molecule has 0 saturated carbocycles. The Bertz CT molecular complexity index is 1140. The first kappa shape index (κ1) is 19.6. The lowest BCUT2D eigenvalue weighted by Gasteiger charge is -2.12. The number of aliphatic imine (C=N–C) groups is 1. The summed E-state index contributed by atoms with van der Waals surface area (Å²) in [5, 5.41) is 10.7. The normalized spacial score (nSPS) is 11.6. The molecule has 0 aliphatic heterocycles. The predicted octanol–water partition coefficient (Wildman–Crippen LogP) is 2.94. The molecule has 3 aromatic rings. The van der Waals surface area contributed by atoms with Crippen LogP contribution in [0.1, 0.15) is 11.1 Å². The molecule has 0 fully saturated rings. The molecule has 28 heavy (non-hydrogen) atoms. The average molecular weight is 399 g/mol. The lowest BCUT2D eigenvalue weighted by atomic mass is 10.2. The summed E-state index contributed by atoms with van der Waals surface area (Å²) in [6, 6.07) is 15.0. The zero-order valence-electron chi connectivity index (χ0n) is 15.3. The van der Waals surface area contributed by atoms with E-state index in [2.05, 4.69) is 4.99 Å². The standard InChI is InChI=1S/C20H18FN3O3S/c1-23-18(25)16(19(26)24(2)20(23)27)17(22-15-10-8-14(21)9-11-15)28-12-13-6-4-3-5-7-13/h3-11,25H,12H2,1-2H3. The van der Waals surface area contributed by atoms with Crippen LogP contribution in [-0.2, 0) is 19.8 Å². The smallest absolute Gasteiger partial charge is 0.333 e. The second-order valence-electron chi connectivity index (χ2n) is 6.07. The zero-order valence-corrected chi connectivity index (χ0v) is 16.1. The van der Waals surface area contributed by atoms with E-state index < -0.39 is 22.9 Å². The molecular weight excluding hydrogens is 381 g/mol. The minimum absolute atomic E-state index is 0.0742. The van der Waals surface area contributed by atoms with Gasteiger partial charge in [0.25, 0.3) is 5.56 Å². The third-order valence-corrected chi connectivity index (χ3v) is 5.17. The summed E-state index contributed by atoms with van der Waals surface area (Å²) in [7, 11) is 2.71. The topological polar surface area (TPSA) is 76.6 Å². The van der Waals surface area contributed by atoms with Crippen molar-refractivity contribution in [2.75, 3.05) is 0 Å². The number of aromatic nitrogens is 2. The summed E-state index contributed by atoms with van der Waals surface area (Å²) >= 11 is 1.25. The highest BCUT2D eigenvalue weighted by Crippen LogP contribution is 2.25. The third kappa shape index (κ3) is 4.07. The molecule has 0 spiro atoms. The number of benzene rings is 2. The maximum Gasteiger partial charge on any atom is 0.333 e. The number of hydrogen-bond acceptors (Lipinski definition) is 5. The number of rotatable bonds is 4. The van der Waals surface area contributed by atoms with Crippen molar-refractivity contribution in [1.82, 2.24) is 9.13 Å². The van der Waals surface area contributed by atoms with E-state index in [1.54, 1.807) is 0 Å². The SMILES string of the molecule is Cn1c(O)c(C(=Nc2ccc(F)cc2)SCc2ccccc2)c(=O)n(C)c1=O. The monoisotopic (exact) mass is 399 g/mol. The number of hydrogen-bond donors (Lipinski definition) is 1. The highest BCUT2D eigenvalue weighted by atomic mass is 32.2. The molecule has 1 heterocycles. The Morgan fingerprint density at radius 2 is 1.68 bits per heavy atom. The molecular formula is C20H18FN3O3S. The summed E-state index contributed by atoms with van der Waals surface area (Å²) in [6.45, 7) is 0. The van der Waals surface area contributed by atoms with Crippen LogP contribution in [-0.4, -0.2) is 19.3 Å². The molecule has 2 aromatic carbocycles. The van der Waals surface area contributed by atoms with E-state index in [9.17, 15) is 19.1 Å². The van der Waals surface area contributed by atoms with Crippen molar-refractivity contribution in [2.45, 2.75) is 5.75 Å². The van der Waals surface area contributed by atoms with E-state index >= 15 is 0 Å². The van der Waals surface area contributed by atoms with Crippen molar-refractivity contribution in [2.24, 2.45) is 19.1 Å². The molecule has 0 aliphatic rings. The first-order valence-corrected chi connectivity index (χ1v) is 9.37. The first-order valence-electron chi connectivity index (χ1n) is 8.39.